The van der Waals surface area contributed by atoms with E-state index in [4.69, 9.17) is 9.26 Å². The van der Waals surface area contributed by atoms with E-state index in [9.17, 15) is 9.59 Å². The molecule has 0 N–H and O–H groups in total. The molecule has 0 bridgehead atoms. The first-order chi connectivity index (χ1) is 15.1. The van der Waals surface area contributed by atoms with Gasteiger partial charge in [-0.1, -0.05) is 35.5 Å². The zero-order valence-electron chi connectivity index (χ0n) is 18.0. The molecule has 1 atom stereocenters. The highest BCUT2D eigenvalue weighted by molar-refractivity contribution is 5.83. The number of hydrogen-bond acceptors (Lipinski definition) is 6. The van der Waals surface area contributed by atoms with Crippen molar-refractivity contribution in [3.05, 3.63) is 42.2 Å². The van der Waals surface area contributed by atoms with Crippen LogP contribution in [0.4, 0.5) is 0 Å². The van der Waals surface area contributed by atoms with E-state index in [2.05, 4.69) is 10.1 Å². The fourth-order valence-corrected chi connectivity index (χ4v) is 4.18. The number of carbonyl (C=O) groups excluding carboxylic acids is 2. The maximum Gasteiger partial charge on any atom is 0.227 e. The number of nitrogens with zero attached hydrogens (tertiary/aromatic N) is 4. The van der Waals surface area contributed by atoms with E-state index in [0.717, 1.165) is 44.1 Å². The minimum absolute atomic E-state index is 0.0431. The second-order valence-corrected chi connectivity index (χ2v) is 8.27. The van der Waals surface area contributed by atoms with Gasteiger partial charge >= 0.3 is 0 Å². The van der Waals surface area contributed by atoms with E-state index in [1.807, 2.05) is 41.3 Å². The van der Waals surface area contributed by atoms with Gasteiger partial charge in [0.25, 0.3) is 0 Å². The van der Waals surface area contributed by atoms with Crippen molar-refractivity contribution in [3.8, 4) is 11.3 Å². The van der Waals surface area contributed by atoms with Gasteiger partial charge in [-0.2, -0.15) is 0 Å². The van der Waals surface area contributed by atoms with E-state index < -0.39 is 0 Å². The predicted octanol–water partition coefficient (Wildman–Crippen LogP) is 1.87. The van der Waals surface area contributed by atoms with Gasteiger partial charge in [0.2, 0.25) is 11.8 Å². The van der Waals surface area contributed by atoms with Crippen molar-refractivity contribution in [2.75, 3.05) is 53.0 Å². The molecule has 2 aliphatic rings. The van der Waals surface area contributed by atoms with Gasteiger partial charge in [-0.25, -0.2) is 0 Å². The van der Waals surface area contributed by atoms with Crippen molar-refractivity contribution in [2.24, 2.45) is 5.92 Å². The summed E-state index contributed by atoms with van der Waals surface area (Å²) in [6, 6.07) is 11.7. The lowest BCUT2D eigenvalue weighted by atomic mass is 9.96. The molecule has 0 aliphatic carbocycles. The first-order valence-electron chi connectivity index (χ1n) is 10.9. The number of carbonyl (C=O) groups is 2. The summed E-state index contributed by atoms with van der Waals surface area (Å²) in [6.45, 7) is 5.61. The SMILES string of the molecule is CN(Cc1cc(-c2ccccc2)no1)C(=O)C1CCC(=O)N(CCN2CCOCC2)C1. The summed E-state index contributed by atoms with van der Waals surface area (Å²) >= 11 is 0. The largest absolute Gasteiger partial charge is 0.379 e. The average molecular weight is 427 g/mol. The van der Waals surface area contributed by atoms with Crippen LogP contribution in [-0.2, 0) is 20.9 Å². The number of ether oxygens (including phenoxy) is 1. The summed E-state index contributed by atoms with van der Waals surface area (Å²) in [7, 11) is 1.78. The van der Waals surface area contributed by atoms with Gasteiger partial charge in [0, 0.05) is 57.8 Å². The summed E-state index contributed by atoms with van der Waals surface area (Å²) in [4.78, 5) is 31.2. The molecule has 2 aliphatic heterocycles. The number of benzene rings is 1. The van der Waals surface area contributed by atoms with Crippen LogP contribution in [-0.4, -0.2) is 84.7 Å². The molecule has 166 valence electrons. The molecule has 2 amide bonds. The Labute approximate surface area is 182 Å². The monoisotopic (exact) mass is 426 g/mol. The molecule has 0 spiro atoms. The topological polar surface area (TPSA) is 79.1 Å². The van der Waals surface area contributed by atoms with Crippen LogP contribution in [0.2, 0.25) is 0 Å². The third-order valence-electron chi connectivity index (χ3n) is 6.04. The molecule has 3 heterocycles. The van der Waals surface area contributed by atoms with Gasteiger partial charge in [-0.3, -0.25) is 14.5 Å². The lowest BCUT2D eigenvalue weighted by Gasteiger charge is -2.35. The smallest absolute Gasteiger partial charge is 0.227 e. The first-order valence-corrected chi connectivity index (χ1v) is 10.9. The van der Waals surface area contributed by atoms with Gasteiger partial charge in [0.1, 0.15) is 5.69 Å². The number of hydrogen-bond donors (Lipinski definition) is 0. The van der Waals surface area contributed by atoms with Crippen LogP contribution in [0.5, 0.6) is 0 Å². The molecular formula is C23H30N4O4. The number of piperidine rings is 1. The molecule has 2 fully saturated rings. The van der Waals surface area contributed by atoms with E-state index in [1.165, 1.54) is 0 Å². The van der Waals surface area contributed by atoms with E-state index in [1.54, 1.807) is 11.9 Å². The molecule has 2 aromatic rings. The summed E-state index contributed by atoms with van der Waals surface area (Å²) in [6.07, 6.45) is 1.02. The normalized spacial score (nSPS) is 20.1. The number of morpholine rings is 1. The molecule has 8 heteroatoms. The number of likely N-dealkylation sites (tertiary alicyclic amines) is 1. The third-order valence-corrected chi connectivity index (χ3v) is 6.04. The third kappa shape index (κ3) is 5.51. The minimum Gasteiger partial charge on any atom is -0.379 e. The van der Waals surface area contributed by atoms with Crippen LogP contribution >= 0.6 is 0 Å². The Bertz CT molecular complexity index is 879. The van der Waals surface area contributed by atoms with Gasteiger partial charge in [0.05, 0.1) is 25.7 Å². The van der Waals surface area contributed by atoms with Crippen LogP contribution in [0.15, 0.2) is 40.9 Å². The van der Waals surface area contributed by atoms with Crippen LogP contribution in [0.1, 0.15) is 18.6 Å². The quantitative estimate of drug-likeness (QED) is 0.673. The average Bonchev–Trinajstić information content (AvgIpc) is 3.28. The summed E-state index contributed by atoms with van der Waals surface area (Å²) < 4.78 is 10.8. The Kier molecular flexibility index (Phi) is 6.99. The second kappa shape index (κ2) is 10.1. The highest BCUT2D eigenvalue weighted by Gasteiger charge is 2.32. The first kappa shape index (κ1) is 21.5. The maximum atomic E-state index is 13.0. The standard InChI is InChI=1S/C23H30N4O4/c1-25(17-20-15-21(24-31-20)18-5-3-2-4-6-18)23(29)19-7-8-22(28)27(16-19)10-9-26-11-13-30-14-12-26/h2-6,15,19H,7-14,16-17H2,1H3. The van der Waals surface area contributed by atoms with Crippen LogP contribution in [0, 0.1) is 5.92 Å². The zero-order valence-corrected chi connectivity index (χ0v) is 18.0. The molecule has 0 saturated carbocycles. The Balaban J connectivity index is 1.30. The summed E-state index contributed by atoms with van der Waals surface area (Å²) in [5.74, 6) is 0.652. The molecule has 2 saturated heterocycles. The molecule has 1 aromatic heterocycles. The van der Waals surface area contributed by atoms with Crippen molar-refractivity contribution in [1.82, 2.24) is 19.9 Å². The van der Waals surface area contributed by atoms with Crippen LogP contribution in [0.3, 0.4) is 0 Å². The predicted molar refractivity (Wildman–Crippen MR) is 115 cm³/mol. The van der Waals surface area contributed by atoms with Crippen molar-refractivity contribution in [2.45, 2.75) is 19.4 Å². The Hall–Kier alpha value is -2.71. The Morgan fingerprint density at radius 1 is 1.19 bits per heavy atom. The molecule has 8 nitrogen and oxygen atoms in total. The lowest BCUT2D eigenvalue weighted by molar-refractivity contribution is -0.143. The summed E-state index contributed by atoms with van der Waals surface area (Å²) in [5.41, 5.74) is 1.74. The molecular weight excluding hydrogens is 396 g/mol. The van der Waals surface area contributed by atoms with Crippen molar-refractivity contribution >= 4 is 11.8 Å². The molecule has 31 heavy (non-hydrogen) atoms. The summed E-state index contributed by atoms with van der Waals surface area (Å²) in [5, 5.41) is 4.12. The maximum absolute atomic E-state index is 13.0. The van der Waals surface area contributed by atoms with Crippen molar-refractivity contribution in [1.29, 1.82) is 0 Å². The Morgan fingerprint density at radius 2 is 1.97 bits per heavy atom. The zero-order chi connectivity index (χ0) is 21.6. The fraction of sp³-hybridized carbons (Fsp3) is 0.522. The van der Waals surface area contributed by atoms with Gasteiger partial charge < -0.3 is 19.1 Å². The fourth-order valence-electron chi connectivity index (χ4n) is 4.18. The van der Waals surface area contributed by atoms with E-state index in [-0.39, 0.29) is 17.7 Å². The molecule has 4 rings (SSSR count). The minimum atomic E-state index is -0.177. The molecule has 1 aromatic carbocycles. The van der Waals surface area contributed by atoms with Crippen LogP contribution < -0.4 is 0 Å². The Morgan fingerprint density at radius 3 is 2.74 bits per heavy atom. The molecule has 1 unspecified atom stereocenters. The highest BCUT2D eigenvalue weighted by atomic mass is 16.5. The van der Waals surface area contributed by atoms with Gasteiger partial charge in [-0.15, -0.1) is 0 Å². The van der Waals surface area contributed by atoms with Gasteiger partial charge in [-0.05, 0) is 6.42 Å². The number of rotatable bonds is 7. The molecule has 0 radical (unpaired) electrons. The highest BCUT2D eigenvalue weighted by Crippen LogP contribution is 2.22. The lowest BCUT2D eigenvalue weighted by Crippen LogP contribution is -2.49. The van der Waals surface area contributed by atoms with Crippen molar-refractivity contribution < 1.29 is 18.8 Å². The van der Waals surface area contributed by atoms with E-state index in [0.29, 0.717) is 38.2 Å². The van der Waals surface area contributed by atoms with E-state index >= 15 is 0 Å². The number of aromatic nitrogens is 1. The van der Waals surface area contributed by atoms with Gasteiger partial charge in [0.15, 0.2) is 5.76 Å². The van der Waals surface area contributed by atoms with Crippen LogP contribution in [0.25, 0.3) is 11.3 Å². The second-order valence-electron chi connectivity index (χ2n) is 8.27. The van der Waals surface area contributed by atoms with Crippen molar-refractivity contribution in [3.63, 3.8) is 0 Å². The number of amides is 2.